The van der Waals surface area contributed by atoms with E-state index >= 15 is 0 Å². The summed E-state index contributed by atoms with van der Waals surface area (Å²) in [6, 6.07) is 0. The topological polar surface area (TPSA) is 54.2 Å². The van der Waals surface area contributed by atoms with Crippen molar-refractivity contribution in [3.63, 3.8) is 0 Å². The lowest BCUT2D eigenvalue weighted by Crippen LogP contribution is -2.45. The van der Waals surface area contributed by atoms with Crippen LogP contribution in [0.15, 0.2) is 11.6 Å². The number of aryl methyl sites for hydroxylation is 2. The van der Waals surface area contributed by atoms with Gasteiger partial charge >= 0.3 is 0 Å². The predicted molar refractivity (Wildman–Crippen MR) is 83.8 cm³/mol. The van der Waals surface area contributed by atoms with E-state index in [4.69, 9.17) is 0 Å². The van der Waals surface area contributed by atoms with Gasteiger partial charge in [0.1, 0.15) is 11.6 Å². The van der Waals surface area contributed by atoms with E-state index < -0.39 is 0 Å². The van der Waals surface area contributed by atoms with Gasteiger partial charge in [0.05, 0.1) is 13.2 Å². The van der Waals surface area contributed by atoms with Crippen LogP contribution in [0.4, 0.5) is 0 Å². The number of nitrogens with zero attached hydrogens (tertiary/aromatic N) is 4. The molecule has 1 aliphatic heterocycles. The minimum Gasteiger partial charge on any atom is -0.396 e. The van der Waals surface area contributed by atoms with Crippen LogP contribution in [0.5, 0.6) is 0 Å². The largest absolute Gasteiger partial charge is 0.396 e. The maximum atomic E-state index is 9.91. The molecule has 2 rings (SSSR count). The molecular formula is C16H28N4O. The van der Waals surface area contributed by atoms with Crippen LogP contribution < -0.4 is 0 Å². The summed E-state index contributed by atoms with van der Waals surface area (Å²) in [5.41, 5.74) is 1.33. The first-order chi connectivity index (χ1) is 9.94. The lowest BCUT2D eigenvalue weighted by atomic mass is 9.77. The van der Waals surface area contributed by atoms with Crippen LogP contribution in [0.25, 0.3) is 0 Å². The Bertz CT molecular complexity index is 504. The number of likely N-dealkylation sites (tertiary alicyclic amines) is 1. The predicted octanol–water partition coefficient (Wildman–Crippen LogP) is 2.05. The molecule has 0 aromatic carbocycles. The maximum absolute atomic E-state index is 9.91. The van der Waals surface area contributed by atoms with Crippen molar-refractivity contribution in [3.05, 3.63) is 23.3 Å². The summed E-state index contributed by atoms with van der Waals surface area (Å²) < 4.78 is 1.86. The van der Waals surface area contributed by atoms with Crippen molar-refractivity contribution in [2.45, 2.75) is 46.6 Å². The molecule has 1 aromatic rings. The molecule has 0 amide bonds. The van der Waals surface area contributed by atoms with Gasteiger partial charge in [-0.25, -0.2) is 4.98 Å². The number of aliphatic hydroxyl groups is 1. The Balaban J connectivity index is 2.05. The monoisotopic (exact) mass is 292 g/mol. The number of hydrogen-bond donors (Lipinski definition) is 1. The summed E-state index contributed by atoms with van der Waals surface area (Å²) in [7, 11) is 1.95. The van der Waals surface area contributed by atoms with Crippen LogP contribution in [0, 0.1) is 12.3 Å². The van der Waals surface area contributed by atoms with Crippen LogP contribution >= 0.6 is 0 Å². The number of aromatic nitrogens is 3. The molecule has 0 unspecified atom stereocenters. The summed E-state index contributed by atoms with van der Waals surface area (Å²) >= 11 is 0. The number of hydrogen-bond acceptors (Lipinski definition) is 4. The highest BCUT2D eigenvalue weighted by atomic mass is 16.3. The first-order valence-electron chi connectivity index (χ1n) is 7.77. The fourth-order valence-corrected chi connectivity index (χ4v) is 3.12. The summed E-state index contributed by atoms with van der Waals surface area (Å²) in [6.45, 7) is 9.23. The molecule has 0 spiro atoms. The Kier molecular flexibility index (Phi) is 5.17. The molecule has 1 aliphatic rings. The SMILES string of the molecule is CC(C)=CC[C@@]1(CO)CCCN(Cc2nc(C)nn2C)C1. The van der Waals surface area contributed by atoms with Crippen molar-refractivity contribution < 1.29 is 5.11 Å². The minimum atomic E-state index is 0.00313. The summed E-state index contributed by atoms with van der Waals surface area (Å²) in [6.07, 6.45) is 5.45. The first kappa shape index (κ1) is 16.2. The van der Waals surface area contributed by atoms with Gasteiger partial charge in [-0.3, -0.25) is 9.58 Å². The first-order valence-corrected chi connectivity index (χ1v) is 7.77. The fourth-order valence-electron chi connectivity index (χ4n) is 3.12. The molecule has 5 nitrogen and oxygen atoms in total. The molecule has 2 heterocycles. The van der Waals surface area contributed by atoms with Gasteiger partial charge in [0.25, 0.3) is 0 Å². The molecular weight excluding hydrogens is 264 g/mol. The third-order valence-corrected chi connectivity index (χ3v) is 4.34. The van der Waals surface area contributed by atoms with Crippen LogP contribution in [-0.4, -0.2) is 44.5 Å². The van der Waals surface area contributed by atoms with E-state index in [9.17, 15) is 5.11 Å². The Morgan fingerprint density at radius 3 is 2.76 bits per heavy atom. The third kappa shape index (κ3) is 4.14. The average molecular weight is 292 g/mol. The molecule has 0 radical (unpaired) electrons. The lowest BCUT2D eigenvalue weighted by molar-refractivity contribution is 0.0292. The van der Waals surface area contributed by atoms with Crippen LogP contribution in [0.1, 0.15) is 44.8 Å². The zero-order valence-corrected chi connectivity index (χ0v) is 13.8. The van der Waals surface area contributed by atoms with Crippen LogP contribution in [-0.2, 0) is 13.6 Å². The van der Waals surface area contributed by atoms with Crippen molar-refractivity contribution >= 4 is 0 Å². The molecule has 0 bridgehead atoms. The Hall–Kier alpha value is -1.20. The van der Waals surface area contributed by atoms with Gasteiger partial charge in [-0.1, -0.05) is 11.6 Å². The molecule has 1 atom stereocenters. The highest BCUT2D eigenvalue weighted by Crippen LogP contribution is 2.34. The second-order valence-electron chi connectivity index (χ2n) is 6.66. The highest BCUT2D eigenvalue weighted by molar-refractivity contribution is 5.00. The quantitative estimate of drug-likeness (QED) is 0.844. The smallest absolute Gasteiger partial charge is 0.147 e. The number of aliphatic hydroxyl groups excluding tert-OH is 1. The second-order valence-corrected chi connectivity index (χ2v) is 6.66. The van der Waals surface area contributed by atoms with Crippen LogP contribution in [0.2, 0.25) is 0 Å². The van der Waals surface area contributed by atoms with Gasteiger partial charge in [0.2, 0.25) is 0 Å². The second kappa shape index (κ2) is 6.71. The maximum Gasteiger partial charge on any atom is 0.147 e. The lowest BCUT2D eigenvalue weighted by Gasteiger charge is -2.41. The molecule has 1 fully saturated rings. The molecule has 0 saturated carbocycles. The summed E-state index contributed by atoms with van der Waals surface area (Å²) in [5.74, 6) is 1.82. The van der Waals surface area contributed by atoms with E-state index in [-0.39, 0.29) is 12.0 Å². The van der Waals surface area contributed by atoms with Crippen molar-refractivity contribution in [1.29, 1.82) is 0 Å². The number of piperidine rings is 1. The zero-order valence-electron chi connectivity index (χ0n) is 13.8. The van der Waals surface area contributed by atoms with Gasteiger partial charge < -0.3 is 5.11 Å². The molecule has 1 N–H and O–H groups in total. The van der Waals surface area contributed by atoms with Crippen molar-refractivity contribution in [2.75, 3.05) is 19.7 Å². The minimum absolute atomic E-state index is 0.00313. The zero-order chi connectivity index (χ0) is 15.5. The molecule has 0 aliphatic carbocycles. The molecule has 1 saturated heterocycles. The van der Waals surface area contributed by atoms with Crippen molar-refractivity contribution in [3.8, 4) is 0 Å². The van der Waals surface area contributed by atoms with Crippen molar-refractivity contribution in [1.82, 2.24) is 19.7 Å². The van der Waals surface area contributed by atoms with Gasteiger partial charge in [-0.15, -0.1) is 0 Å². The number of allylic oxidation sites excluding steroid dienone is 2. The van der Waals surface area contributed by atoms with Gasteiger partial charge in [-0.05, 0) is 46.6 Å². The van der Waals surface area contributed by atoms with Crippen molar-refractivity contribution in [2.24, 2.45) is 12.5 Å². The highest BCUT2D eigenvalue weighted by Gasteiger charge is 2.34. The Morgan fingerprint density at radius 1 is 1.43 bits per heavy atom. The molecule has 1 aromatic heterocycles. The van der Waals surface area contributed by atoms with Gasteiger partial charge in [0, 0.05) is 19.0 Å². The van der Waals surface area contributed by atoms with Gasteiger partial charge in [0.15, 0.2) is 0 Å². The average Bonchev–Trinajstić information content (AvgIpc) is 2.75. The number of rotatable bonds is 5. The molecule has 118 valence electrons. The van der Waals surface area contributed by atoms with E-state index in [1.54, 1.807) is 0 Å². The molecule has 5 heteroatoms. The third-order valence-electron chi connectivity index (χ3n) is 4.34. The normalized spacial score (nSPS) is 23.3. The Morgan fingerprint density at radius 2 is 2.19 bits per heavy atom. The van der Waals surface area contributed by atoms with Crippen LogP contribution in [0.3, 0.4) is 0 Å². The summed E-state index contributed by atoms with van der Waals surface area (Å²) in [4.78, 5) is 6.89. The van der Waals surface area contributed by atoms with E-state index in [1.807, 2.05) is 18.7 Å². The van der Waals surface area contributed by atoms with E-state index in [2.05, 4.69) is 34.9 Å². The van der Waals surface area contributed by atoms with E-state index in [0.717, 1.165) is 50.5 Å². The van der Waals surface area contributed by atoms with E-state index in [0.29, 0.717) is 0 Å². The summed E-state index contributed by atoms with van der Waals surface area (Å²) in [5, 5.41) is 14.2. The Labute approximate surface area is 127 Å². The fraction of sp³-hybridized carbons (Fsp3) is 0.750. The molecule has 21 heavy (non-hydrogen) atoms. The standard InChI is InChI=1S/C16H28N4O/c1-13(2)6-8-16(12-21)7-5-9-20(11-16)10-15-17-14(3)18-19(15)4/h6,21H,5,7-12H2,1-4H3/t16-/m0/s1. The van der Waals surface area contributed by atoms with Gasteiger partial charge in [-0.2, -0.15) is 5.10 Å². The van der Waals surface area contributed by atoms with E-state index in [1.165, 1.54) is 5.57 Å².